The van der Waals surface area contributed by atoms with Gasteiger partial charge in [0.15, 0.2) is 11.5 Å². The number of urea groups is 1. The van der Waals surface area contributed by atoms with Gasteiger partial charge in [-0.3, -0.25) is 9.69 Å². The third kappa shape index (κ3) is 5.20. The van der Waals surface area contributed by atoms with E-state index in [4.69, 9.17) is 9.47 Å². The fraction of sp³-hybridized carbons (Fsp3) is 0.241. The van der Waals surface area contributed by atoms with Gasteiger partial charge in [-0.2, -0.15) is 0 Å². The highest BCUT2D eigenvalue weighted by molar-refractivity contribution is 5.95. The summed E-state index contributed by atoms with van der Waals surface area (Å²) in [5.74, 6) is 1.11. The minimum absolute atomic E-state index is 0.0812. The van der Waals surface area contributed by atoms with Gasteiger partial charge in [-0.05, 0) is 59.9 Å². The van der Waals surface area contributed by atoms with Gasteiger partial charge in [0.25, 0.3) is 5.91 Å². The maximum absolute atomic E-state index is 12.7. The van der Waals surface area contributed by atoms with Crippen molar-refractivity contribution in [3.8, 4) is 11.5 Å². The van der Waals surface area contributed by atoms with E-state index in [-0.39, 0.29) is 18.0 Å². The lowest BCUT2D eigenvalue weighted by molar-refractivity contribution is 0.0951. The standard InChI is InChI=1S/C29H31N3O4/c1-19-14-23-15-26(35-3)27(36-4)16-24(23)25(18-32(19)29(34)30-2)21-10-12-22(13-11-21)28(33)31-17-20-8-6-5-7-9-20/h5-13,15-16,18-19H,14,17H2,1-4H3,(H,30,34)(H,31,33). The first-order valence-electron chi connectivity index (χ1n) is 11.8. The van der Waals surface area contributed by atoms with Crippen LogP contribution >= 0.6 is 0 Å². The third-order valence-corrected chi connectivity index (χ3v) is 6.36. The Balaban J connectivity index is 1.69. The largest absolute Gasteiger partial charge is 0.493 e. The van der Waals surface area contributed by atoms with Crippen LogP contribution in [-0.4, -0.2) is 44.1 Å². The second-order valence-electron chi connectivity index (χ2n) is 8.67. The zero-order valence-corrected chi connectivity index (χ0v) is 21.0. The molecule has 36 heavy (non-hydrogen) atoms. The van der Waals surface area contributed by atoms with Crippen molar-refractivity contribution < 1.29 is 19.1 Å². The molecule has 0 saturated heterocycles. The van der Waals surface area contributed by atoms with Crippen molar-refractivity contribution in [1.82, 2.24) is 15.5 Å². The Morgan fingerprint density at radius 2 is 1.64 bits per heavy atom. The third-order valence-electron chi connectivity index (χ3n) is 6.36. The number of rotatable bonds is 6. The van der Waals surface area contributed by atoms with E-state index in [1.807, 2.05) is 67.7 Å². The number of fused-ring (bicyclic) bond motifs is 1. The highest BCUT2D eigenvalue weighted by Gasteiger charge is 2.27. The second kappa shape index (κ2) is 11.0. The van der Waals surface area contributed by atoms with E-state index in [0.29, 0.717) is 30.0 Å². The summed E-state index contributed by atoms with van der Waals surface area (Å²) in [6.45, 7) is 2.47. The van der Waals surface area contributed by atoms with Crippen molar-refractivity contribution in [1.29, 1.82) is 0 Å². The van der Waals surface area contributed by atoms with Crippen molar-refractivity contribution in [2.24, 2.45) is 0 Å². The van der Waals surface area contributed by atoms with E-state index in [0.717, 1.165) is 27.8 Å². The second-order valence-corrected chi connectivity index (χ2v) is 8.67. The normalized spacial score (nSPS) is 14.7. The molecule has 0 saturated carbocycles. The first-order chi connectivity index (χ1) is 17.4. The Bertz CT molecular complexity index is 1270. The SMILES string of the molecule is CNC(=O)N1C=C(c2ccc(C(=O)NCc3ccccc3)cc2)c2cc(OC)c(OC)cc2CC1C. The van der Waals surface area contributed by atoms with Crippen LogP contribution in [0.1, 0.15) is 39.5 Å². The molecule has 0 fully saturated rings. The van der Waals surface area contributed by atoms with Gasteiger partial charge < -0.3 is 20.1 Å². The Morgan fingerprint density at radius 1 is 0.972 bits per heavy atom. The quantitative estimate of drug-likeness (QED) is 0.535. The molecule has 1 atom stereocenters. The molecule has 7 heteroatoms. The van der Waals surface area contributed by atoms with Crippen LogP contribution < -0.4 is 20.1 Å². The maximum Gasteiger partial charge on any atom is 0.321 e. The number of hydrogen-bond acceptors (Lipinski definition) is 4. The summed E-state index contributed by atoms with van der Waals surface area (Å²) >= 11 is 0. The topological polar surface area (TPSA) is 79.9 Å². The molecule has 186 valence electrons. The molecular formula is C29H31N3O4. The summed E-state index contributed by atoms with van der Waals surface area (Å²) in [5.41, 5.74) is 5.33. The number of carbonyl (C=O) groups excluding carboxylic acids is 2. The fourth-order valence-electron chi connectivity index (χ4n) is 4.39. The van der Waals surface area contributed by atoms with Gasteiger partial charge in [-0.15, -0.1) is 0 Å². The molecule has 0 radical (unpaired) electrons. The minimum Gasteiger partial charge on any atom is -0.493 e. The van der Waals surface area contributed by atoms with Crippen LogP contribution in [0.3, 0.4) is 0 Å². The molecule has 0 spiro atoms. The van der Waals surface area contributed by atoms with Crippen molar-refractivity contribution in [3.63, 3.8) is 0 Å². The molecule has 0 aromatic heterocycles. The molecule has 2 N–H and O–H groups in total. The van der Waals surface area contributed by atoms with Crippen molar-refractivity contribution >= 4 is 17.5 Å². The van der Waals surface area contributed by atoms with Crippen LogP contribution in [0.2, 0.25) is 0 Å². The lowest BCUT2D eigenvalue weighted by Gasteiger charge is -2.24. The predicted molar refractivity (Wildman–Crippen MR) is 140 cm³/mol. The number of hydrogen-bond donors (Lipinski definition) is 2. The lowest BCUT2D eigenvalue weighted by atomic mass is 9.92. The average molecular weight is 486 g/mol. The minimum atomic E-state index is -0.191. The Hall–Kier alpha value is -4.26. The van der Waals surface area contributed by atoms with Crippen LogP contribution in [0.5, 0.6) is 11.5 Å². The van der Waals surface area contributed by atoms with Gasteiger partial charge in [0.1, 0.15) is 0 Å². The van der Waals surface area contributed by atoms with Crippen molar-refractivity contribution in [2.45, 2.75) is 25.9 Å². The smallest absolute Gasteiger partial charge is 0.321 e. The maximum atomic E-state index is 12.7. The number of nitrogens with one attached hydrogen (secondary N) is 2. The molecule has 1 aliphatic heterocycles. The summed E-state index contributed by atoms with van der Waals surface area (Å²) in [6.07, 6.45) is 2.51. The lowest BCUT2D eigenvalue weighted by Crippen LogP contribution is -2.40. The number of carbonyl (C=O) groups is 2. The molecule has 0 bridgehead atoms. The van der Waals surface area contributed by atoms with Gasteiger partial charge in [0.05, 0.1) is 14.2 Å². The number of amides is 3. The van der Waals surface area contributed by atoms with Crippen LogP contribution in [-0.2, 0) is 13.0 Å². The van der Waals surface area contributed by atoms with Crippen LogP contribution in [0.15, 0.2) is 72.9 Å². The Kier molecular flexibility index (Phi) is 7.59. The molecule has 4 rings (SSSR count). The molecule has 3 amide bonds. The molecular weight excluding hydrogens is 454 g/mol. The molecule has 1 heterocycles. The van der Waals surface area contributed by atoms with Gasteiger partial charge in [-0.1, -0.05) is 42.5 Å². The summed E-state index contributed by atoms with van der Waals surface area (Å²) in [4.78, 5) is 27.1. The van der Waals surface area contributed by atoms with Crippen LogP contribution in [0.25, 0.3) is 5.57 Å². The molecule has 3 aromatic rings. The van der Waals surface area contributed by atoms with E-state index in [1.54, 1.807) is 38.3 Å². The molecule has 0 aliphatic carbocycles. The van der Waals surface area contributed by atoms with Gasteiger partial charge in [0.2, 0.25) is 0 Å². The van der Waals surface area contributed by atoms with Gasteiger partial charge in [-0.25, -0.2) is 4.79 Å². The van der Waals surface area contributed by atoms with Crippen LogP contribution in [0.4, 0.5) is 4.79 Å². The van der Waals surface area contributed by atoms with Crippen LogP contribution in [0, 0.1) is 0 Å². The number of methoxy groups -OCH3 is 2. The number of benzene rings is 3. The highest BCUT2D eigenvalue weighted by atomic mass is 16.5. The predicted octanol–water partition coefficient (Wildman–Crippen LogP) is 4.61. The fourth-order valence-corrected chi connectivity index (χ4v) is 4.39. The van der Waals surface area contributed by atoms with Crippen molar-refractivity contribution in [2.75, 3.05) is 21.3 Å². The monoisotopic (exact) mass is 485 g/mol. The summed E-state index contributed by atoms with van der Waals surface area (Å²) < 4.78 is 11.1. The Labute approximate surface area is 211 Å². The molecule has 3 aromatic carbocycles. The van der Waals surface area contributed by atoms with Gasteiger partial charge >= 0.3 is 6.03 Å². The van der Waals surface area contributed by atoms with E-state index >= 15 is 0 Å². The first kappa shape index (κ1) is 24.9. The number of ether oxygens (including phenoxy) is 2. The highest BCUT2D eigenvalue weighted by Crippen LogP contribution is 2.39. The molecule has 1 unspecified atom stereocenters. The van der Waals surface area contributed by atoms with E-state index in [2.05, 4.69) is 10.6 Å². The molecule has 1 aliphatic rings. The van der Waals surface area contributed by atoms with Crippen molar-refractivity contribution in [3.05, 3.63) is 101 Å². The first-order valence-corrected chi connectivity index (χ1v) is 11.8. The zero-order chi connectivity index (χ0) is 25.7. The summed E-state index contributed by atoms with van der Waals surface area (Å²) in [5, 5.41) is 5.69. The average Bonchev–Trinajstić information content (AvgIpc) is 3.06. The zero-order valence-electron chi connectivity index (χ0n) is 21.0. The van der Waals surface area contributed by atoms with Gasteiger partial charge in [0, 0.05) is 37.0 Å². The van der Waals surface area contributed by atoms with E-state index in [9.17, 15) is 9.59 Å². The van der Waals surface area contributed by atoms with E-state index in [1.165, 1.54) is 0 Å². The summed E-state index contributed by atoms with van der Waals surface area (Å²) in [6, 6.07) is 20.8. The van der Waals surface area contributed by atoms with E-state index < -0.39 is 0 Å². The summed E-state index contributed by atoms with van der Waals surface area (Å²) in [7, 11) is 4.83. The molecule has 7 nitrogen and oxygen atoms in total. The Morgan fingerprint density at radius 3 is 2.28 bits per heavy atom. The number of nitrogens with zero attached hydrogens (tertiary/aromatic N) is 1.